The first-order valence-corrected chi connectivity index (χ1v) is 8.30. The molecule has 3 aromatic rings. The summed E-state index contributed by atoms with van der Waals surface area (Å²) < 4.78 is 23.4. The van der Waals surface area contributed by atoms with E-state index in [1.165, 1.54) is 23.5 Å². The lowest BCUT2D eigenvalue weighted by Crippen LogP contribution is -1.94. The molecule has 0 amide bonds. The van der Waals surface area contributed by atoms with Gasteiger partial charge in [-0.1, -0.05) is 0 Å². The molecule has 128 valence electrons. The van der Waals surface area contributed by atoms with E-state index < -0.39 is 0 Å². The molecule has 0 aliphatic carbocycles. The number of hydrazone groups is 1. The van der Waals surface area contributed by atoms with Crippen molar-refractivity contribution in [1.29, 1.82) is 0 Å². The molecule has 0 bridgehead atoms. The summed E-state index contributed by atoms with van der Waals surface area (Å²) in [4.78, 5) is 4.43. The number of hydrogen-bond acceptors (Lipinski definition) is 6. The quantitative estimate of drug-likeness (QED) is 0.524. The second kappa shape index (κ2) is 7.76. The second-order valence-corrected chi connectivity index (χ2v) is 5.89. The van der Waals surface area contributed by atoms with Gasteiger partial charge in [-0.05, 0) is 48.0 Å². The topological polar surface area (TPSA) is 55.7 Å². The molecule has 3 rings (SSSR count). The zero-order valence-electron chi connectivity index (χ0n) is 13.7. The second-order valence-electron chi connectivity index (χ2n) is 5.03. The summed E-state index contributed by atoms with van der Waals surface area (Å²) in [6.45, 7) is 0. The van der Waals surface area contributed by atoms with Crippen molar-refractivity contribution in [1.82, 2.24) is 4.98 Å². The highest BCUT2D eigenvalue weighted by molar-refractivity contribution is 7.14. The highest BCUT2D eigenvalue weighted by atomic mass is 32.1. The fourth-order valence-corrected chi connectivity index (χ4v) is 2.84. The summed E-state index contributed by atoms with van der Waals surface area (Å²) in [6.07, 6.45) is 1.67. The van der Waals surface area contributed by atoms with Crippen molar-refractivity contribution < 1.29 is 13.9 Å². The molecule has 0 saturated heterocycles. The molecule has 7 heteroatoms. The number of nitrogens with one attached hydrogen (secondary N) is 1. The SMILES string of the molecule is COc1ccc(/C=N/Nc2nc(-c3ccc(F)cc3)cs2)cc1OC. The van der Waals surface area contributed by atoms with Gasteiger partial charge in [-0.25, -0.2) is 9.37 Å². The number of rotatable bonds is 6. The van der Waals surface area contributed by atoms with Crippen LogP contribution in [0.3, 0.4) is 0 Å². The van der Waals surface area contributed by atoms with Crippen molar-refractivity contribution in [2.45, 2.75) is 0 Å². The van der Waals surface area contributed by atoms with Crippen molar-refractivity contribution in [3.8, 4) is 22.8 Å². The summed E-state index contributed by atoms with van der Waals surface area (Å²) in [6, 6.07) is 11.7. The lowest BCUT2D eigenvalue weighted by molar-refractivity contribution is 0.355. The van der Waals surface area contributed by atoms with E-state index in [2.05, 4.69) is 15.5 Å². The largest absolute Gasteiger partial charge is 0.493 e. The third-order valence-electron chi connectivity index (χ3n) is 3.43. The van der Waals surface area contributed by atoms with E-state index in [1.54, 1.807) is 32.6 Å². The Morgan fingerprint density at radius 1 is 1.08 bits per heavy atom. The Morgan fingerprint density at radius 3 is 2.56 bits per heavy atom. The molecule has 0 atom stereocenters. The van der Waals surface area contributed by atoms with Crippen LogP contribution in [0, 0.1) is 5.82 Å². The molecule has 2 aromatic carbocycles. The van der Waals surface area contributed by atoms with Gasteiger partial charge in [0.25, 0.3) is 0 Å². The van der Waals surface area contributed by atoms with Crippen molar-refractivity contribution in [2.24, 2.45) is 5.10 Å². The summed E-state index contributed by atoms with van der Waals surface area (Å²) >= 11 is 1.42. The van der Waals surface area contributed by atoms with Crippen LogP contribution in [0.2, 0.25) is 0 Å². The lowest BCUT2D eigenvalue weighted by atomic mass is 10.2. The zero-order valence-corrected chi connectivity index (χ0v) is 14.5. The van der Waals surface area contributed by atoms with Crippen LogP contribution in [0.1, 0.15) is 5.56 Å². The van der Waals surface area contributed by atoms with Gasteiger partial charge in [0.2, 0.25) is 5.13 Å². The number of thiazole rings is 1. The number of hydrogen-bond donors (Lipinski definition) is 1. The number of halogens is 1. The molecular weight excluding hydrogens is 341 g/mol. The maximum Gasteiger partial charge on any atom is 0.203 e. The summed E-state index contributed by atoms with van der Waals surface area (Å²) in [7, 11) is 3.18. The van der Waals surface area contributed by atoms with E-state index in [0.717, 1.165) is 16.8 Å². The normalized spacial score (nSPS) is 10.8. The molecule has 1 N–H and O–H groups in total. The van der Waals surface area contributed by atoms with Crippen LogP contribution in [0.5, 0.6) is 11.5 Å². The Bertz CT molecular complexity index is 878. The van der Waals surface area contributed by atoms with Crippen LogP contribution < -0.4 is 14.9 Å². The maximum absolute atomic E-state index is 13.0. The first-order valence-electron chi connectivity index (χ1n) is 7.42. The van der Waals surface area contributed by atoms with Gasteiger partial charge in [0.05, 0.1) is 26.1 Å². The minimum atomic E-state index is -0.267. The van der Waals surface area contributed by atoms with Crippen LogP contribution in [-0.2, 0) is 0 Å². The van der Waals surface area contributed by atoms with E-state index in [0.29, 0.717) is 16.6 Å². The molecule has 0 saturated carbocycles. The summed E-state index contributed by atoms with van der Waals surface area (Å²) in [5, 5.41) is 6.72. The predicted octanol–water partition coefficient (Wildman–Crippen LogP) is 4.41. The molecule has 25 heavy (non-hydrogen) atoms. The van der Waals surface area contributed by atoms with Crippen molar-refractivity contribution >= 4 is 22.7 Å². The predicted molar refractivity (Wildman–Crippen MR) is 98.3 cm³/mol. The number of benzene rings is 2. The highest BCUT2D eigenvalue weighted by Crippen LogP contribution is 2.27. The van der Waals surface area contributed by atoms with Gasteiger partial charge < -0.3 is 9.47 Å². The monoisotopic (exact) mass is 357 g/mol. The van der Waals surface area contributed by atoms with Gasteiger partial charge >= 0.3 is 0 Å². The number of aromatic nitrogens is 1. The Balaban J connectivity index is 1.67. The van der Waals surface area contributed by atoms with E-state index in [-0.39, 0.29) is 5.82 Å². The molecule has 5 nitrogen and oxygen atoms in total. The number of anilines is 1. The summed E-state index contributed by atoms with van der Waals surface area (Å²) in [5.74, 6) is 1.03. The Labute approximate surface area is 148 Å². The fraction of sp³-hybridized carbons (Fsp3) is 0.111. The lowest BCUT2D eigenvalue weighted by Gasteiger charge is -2.07. The summed E-state index contributed by atoms with van der Waals surface area (Å²) in [5.41, 5.74) is 5.38. The van der Waals surface area contributed by atoms with E-state index in [1.807, 2.05) is 23.6 Å². The van der Waals surface area contributed by atoms with E-state index >= 15 is 0 Å². The molecule has 0 aliphatic heterocycles. The molecule has 0 radical (unpaired) electrons. The van der Waals surface area contributed by atoms with Gasteiger partial charge in [0, 0.05) is 10.9 Å². The van der Waals surface area contributed by atoms with Crippen LogP contribution in [-0.4, -0.2) is 25.4 Å². The zero-order chi connectivity index (χ0) is 17.6. The van der Waals surface area contributed by atoms with E-state index in [4.69, 9.17) is 9.47 Å². The average molecular weight is 357 g/mol. The standard InChI is InChI=1S/C18H16FN3O2S/c1-23-16-8-3-12(9-17(16)24-2)10-20-22-18-21-15(11-25-18)13-4-6-14(19)7-5-13/h3-11H,1-2H3,(H,21,22)/b20-10+. The van der Waals surface area contributed by atoms with Crippen LogP contribution in [0.4, 0.5) is 9.52 Å². The molecular formula is C18H16FN3O2S. The smallest absolute Gasteiger partial charge is 0.203 e. The van der Waals surface area contributed by atoms with Crippen LogP contribution in [0.25, 0.3) is 11.3 Å². The van der Waals surface area contributed by atoms with Crippen molar-refractivity contribution in [3.63, 3.8) is 0 Å². The van der Waals surface area contributed by atoms with Gasteiger partial charge in [0.15, 0.2) is 11.5 Å². The minimum absolute atomic E-state index is 0.267. The third-order valence-corrected chi connectivity index (χ3v) is 4.17. The average Bonchev–Trinajstić information content (AvgIpc) is 3.11. The van der Waals surface area contributed by atoms with Crippen molar-refractivity contribution in [3.05, 3.63) is 59.2 Å². The molecule has 1 heterocycles. The number of nitrogens with zero attached hydrogens (tertiary/aromatic N) is 2. The molecule has 0 spiro atoms. The van der Waals surface area contributed by atoms with Gasteiger partial charge in [-0.2, -0.15) is 5.10 Å². The van der Waals surface area contributed by atoms with Gasteiger partial charge in [-0.3, -0.25) is 5.43 Å². The van der Waals surface area contributed by atoms with Crippen LogP contribution in [0.15, 0.2) is 52.9 Å². The highest BCUT2D eigenvalue weighted by Gasteiger charge is 2.05. The fourth-order valence-electron chi connectivity index (χ4n) is 2.17. The van der Waals surface area contributed by atoms with Gasteiger partial charge in [0.1, 0.15) is 5.82 Å². The number of methoxy groups -OCH3 is 2. The maximum atomic E-state index is 13.0. The molecule has 0 unspecified atom stereocenters. The molecule has 0 fully saturated rings. The number of ether oxygens (including phenoxy) is 2. The first kappa shape index (κ1) is 16.9. The Hall–Kier alpha value is -2.93. The first-order chi connectivity index (χ1) is 12.2. The third kappa shape index (κ3) is 4.13. The van der Waals surface area contributed by atoms with Gasteiger partial charge in [-0.15, -0.1) is 11.3 Å². The van der Waals surface area contributed by atoms with Crippen molar-refractivity contribution in [2.75, 3.05) is 19.6 Å². The molecule has 0 aliphatic rings. The minimum Gasteiger partial charge on any atom is -0.493 e. The van der Waals surface area contributed by atoms with E-state index in [9.17, 15) is 4.39 Å². The molecule has 1 aromatic heterocycles. The Kier molecular flexibility index (Phi) is 5.25. The Morgan fingerprint density at radius 2 is 1.84 bits per heavy atom. The van der Waals surface area contributed by atoms with Crippen LogP contribution >= 0.6 is 11.3 Å².